The molecule has 0 aliphatic carbocycles. The van der Waals surface area contributed by atoms with Crippen LogP contribution in [0, 0.1) is 11.8 Å². The number of nitrogens with zero attached hydrogens (tertiary/aromatic N) is 2. The molecule has 0 radical (unpaired) electrons. The maximum absolute atomic E-state index is 13.0. The quantitative estimate of drug-likeness (QED) is 0.593. The summed E-state index contributed by atoms with van der Waals surface area (Å²) >= 11 is 0. The van der Waals surface area contributed by atoms with Crippen molar-refractivity contribution in [2.24, 2.45) is 11.8 Å². The van der Waals surface area contributed by atoms with E-state index in [-0.39, 0.29) is 23.8 Å². The topological polar surface area (TPSA) is 73.9 Å². The minimum absolute atomic E-state index is 0.0206. The molecule has 1 heterocycles. The fourth-order valence-electron chi connectivity index (χ4n) is 3.88. The predicted molar refractivity (Wildman–Crippen MR) is 124 cm³/mol. The summed E-state index contributed by atoms with van der Waals surface area (Å²) in [4.78, 5) is 30.5. The van der Waals surface area contributed by atoms with Crippen LogP contribution >= 0.6 is 0 Å². The summed E-state index contributed by atoms with van der Waals surface area (Å²) in [6, 6.07) is 6.68. The Morgan fingerprint density at radius 1 is 1.00 bits per heavy atom. The van der Waals surface area contributed by atoms with Crippen LogP contribution in [0.2, 0.25) is 0 Å². The number of nitrogens with one attached hydrogen (secondary N) is 2. The first-order valence-electron chi connectivity index (χ1n) is 11.5. The van der Waals surface area contributed by atoms with Crippen LogP contribution in [0.4, 0.5) is 0 Å². The lowest BCUT2D eigenvalue weighted by atomic mass is 9.99. The number of carbonyl (C=O) groups is 2. The molecule has 2 unspecified atom stereocenters. The van der Waals surface area contributed by atoms with Gasteiger partial charge in [0.05, 0.1) is 6.61 Å². The average Bonchev–Trinajstić information content (AvgIpc) is 2.73. The molecule has 7 nitrogen and oxygen atoms in total. The van der Waals surface area contributed by atoms with E-state index < -0.39 is 6.04 Å². The van der Waals surface area contributed by atoms with Crippen LogP contribution in [0.1, 0.15) is 45.0 Å². The first-order valence-corrected chi connectivity index (χ1v) is 11.5. The Balaban J connectivity index is 1.96. The molecule has 1 aromatic rings. The van der Waals surface area contributed by atoms with Crippen LogP contribution < -0.4 is 15.4 Å². The average molecular weight is 433 g/mol. The lowest BCUT2D eigenvalue weighted by Crippen LogP contribution is -2.56. The zero-order valence-corrected chi connectivity index (χ0v) is 20.0. The van der Waals surface area contributed by atoms with Crippen LogP contribution in [-0.2, 0) is 4.79 Å². The summed E-state index contributed by atoms with van der Waals surface area (Å²) in [5.74, 6) is 0.749. The molecule has 2 amide bonds. The van der Waals surface area contributed by atoms with Crippen molar-refractivity contribution in [1.82, 2.24) is 20.4 Å². The maximum atomic E-state index is 13.0. The van der Waals surface area contributed by atoms with Crippen LogP contribution in [0.25, 0.3) is 0 Å². The van der Waals surface area contributed by atoms with Gasteiger partial charge in [-0.25, -0.2) is 0 Å². The zero-order valence-electron chi connectivity index (χ0n) is 20.0. The molecule has 7 heteroatoms. The van der Waals surface area contributed by atoms with Gasteiger partial charge in [0.1, 0.15) is 11.8 Å². The maximum Gasteiger partial charge on any atom is 0.251 e. The summed E-state index contributed by atoms with van der Waals surface area (Å²) in [6.07, 6.45) is 0. The lowest BCUT2D eigenvalue weighted by molar-refractivity contribution is -0.124. The molecule has 2 rings (SSSR count). The van der Waals surface area contributed by atoms with Gasteiger partial charge in [0.2, 0.25) is 5.91 Å². The van der Waals surface area contributed by atoms with Gasteiger partial charge in [-0.2, -0.15) is 0 Å². The molecule has 0 saturated carbocycles. The van der Waals surface area contributed by atoms with Gasteiger partial charge in [-0.3, -0.25) is 14.5 Å². The molecular weight excluding hydrogens is 392 g/mol. The number of likely N-dealkylation sites (N-methyl/N-ethyl adjacent to an activating group) is 1. The summed E-state index contributed by atoms with van der Waals surface area (Å²) in [7, 11) is 2.14. The van der Waals surface area contributed by atoms with Crippen molar-refractivity contribution in [1.29, 1.82) is 0 Å². The van der Waals surface area contributed by atoms with Gasteiger partial charge in [0.15, 0.2) is 0 Å². The summed E-state index contributed by atoms with van der Waals surface area (Å²) in [5, 5.41) is 6.02. The number of piperazine rings is 1. The SMILES string of the molecule is CCOc1ccc(C(=O)NC(C(=O)NCC(C(C)C)N2CCN(C)CC2)C(C)C)cc1. The molecule has 0 bridgehead atoms. The highest BCUT2D eigenvalue weighted by atomic mass is 16.5. The molecule has 2 atom stereocenters. The Morgan fingerprint density at radius 3 is 2.13 bits per heavy atom. The van der Waals surface area contributed by atoms with Crippen LogP contribution in [0.15, 0.2) is 24.3 Å². The molecule has 1 saturated heterocycles. The minimum Gasteiger partial charge on any atom is -0.494 e. The van der Waals surface area contributed by atoms with E-state index >= 15 is 0 Å². The summed E-state index contributed by atoms with van der Waals surface area (Å²) in [6.45, 7) is 15.5. The highest BCUT2D eigenvalue weighted by Gasteiger charge is 2.28. The molecule has 0 aromatic heterocycles. The van der Waals surface area contributed by atoms with Crippen LogP contribution in [0.5, 0.6) is 5.75 Å². The number of ether oxygens (including phenoxy) is 1. The molecule has 1 aromatic carbocycles. The highest BCUT2D eigenvalue weighted by molar-refractivity contribution is 5.97. The van der Waals surface area contributed by atoms with Gasteiger partial charge in [0, 0.05) is 44.3 Å². The van der Waals surface area contributed by atoms with E-state index in [0.717, 1.165) is 31.9 Å². The Bertz CT molecular complexity index is 697. The smallest absolute Gasteiger partial charge is 0.251 e. The normalized spacial score (nSPS) is 17.4. The highest BCUT2D eigenvalue weighted by Crippen LogP contribution is 2.15. The standard InChI is InChI=1S/C24H40N4O3/c1-7-31-20-10-8-19(9-11-20)23(29)26-22(18(4)5)24(30)25-16-21(17(2)3)28-14-12-27(6)13-15-28/h8-11,17-18,21-22H,7,12-16H2,1-6H3,(H,25,30)(H,26,29). The Morgan fingerprint density at radius 2 is 1.61 bits per heavy atom. The van der Waals surface area contributed by atoms with Crippen molar-refractivity contribution in [3.63, 3.8) is 0 Å². The summed E-state index contributed by atoms with van der Waals surface area (Å²) < 4.78 is 5.43. The lowest BCUT2D eigenvalue weighted by Gasteiger charge is -2.40. The van der Waals surface area contributed by atoms with Gasteiger partial charge in [0.25, 0.3) is 5.91 Å². The molecule has 2 N–H and O–H groups in total. The van der Waals surface area contributed by atoms with Crippen LogP contribution in [0.3, 0.4) is 0 Å². The first-order chi connectivity index (χ1) is 14.7. The third kappa shape index (κ3) is 7.51. The molecule has 1 aliphatic rings. The van der Waals surface area contributed by atoms with E-state index in [1.165, 1.54) is 0 Å². The molecule has 1 fully saturated rings. The van der Waals surface area contributed by atoms with E-state index in [9.17, 15) is 9.59 Å². The number of carbonyl (C=O) groups excluding carboxylic acids is 2. The number of rotatable bonds is 10. The monoisotopic (exact) mass is 432 g/mol. The molecule has 1 aliphatic heterocycles. The molecule has 31 heavy (non-hydrogen) atoms. The first kappa shape index (κ1) is 25.1. The second-order valence-corrected chi connectivity index (χ2v) is 9.05. The van der Waals surface area contributed by atoms with Crippen molar-refractivity contribution in [2.75, 3.05) is 46.4 Å². The number of hydrogen-bond donors (Lipinski definition) is 2. The number of amides is 2. The Hall–Kier alpha value is -2.12. The van der Waals surface area contributed by atoms with Gasteiger partial charge < -0.3 is 20.3 Å². The van der Waals surface area contributed by atoms with Crippen molar-refractivity contribution in [2.45, 2.75) is 46.7 Å². The molecule has 174 valence electrons. The third-order valence-corrected chi connectivity index (χ3v) is 5.93. The van der Waals surface area contributed by atoms with Crippen molar-refractivity contribution >= 4 is 11.8 Å². The second-order valence-electron chi connectivity index (χ2n) is 9.05. The van der Waals surface area contributed by atoms with Crippen LogP contribution in [-0.4, -0.2) is 80.1 Å². The molecular formula is C24H40N4O3. The van der Waals surface area contributed by atoms with Gasteiger partial charge in [-0.1, -0.05) is 27.7 Å². The van der Waals surface area contributed by atoms with E-state index in [0.29, 0.717) is 24.6 Å². The summed E-state index contributed by atoms with van der Waals surface area (Å²) in [5.41, 5.74) is 0.513. The van der Waals surface area contributed by atoms with E-state index in [2.05, 4.69) is 41.3 Å². The number of hydrogen-bond acceptors (Lipinski definition) is 5. The molecule has 0 spiro atoms. The fraction of sp³-hybridized carbons (Fsp3) is 0.667. The second kappa shape index (κ2) is 12.1. The zero-order chi connectivity index (χ0) is 23.0. The van der Waals surface area contributed by atoms with Gasteiger partial charge >= 0.3 is 0 Å². The van der Waals surface area contributed by atoms with Gasteiger partial charge in [-0.15, -0.1) is 0 Å². The van der Waals surface area contributed by atoms with E-state index in [4.69, 9.17) is 4.74 Å². The largest absolute Gasteiger partial charge is 0.494 e. The van der Waals surface area contributed by atoms with E-state index in [1.54, 1.807) is 24.3 Å². The number of benzene rings is 1. The van der Waals surface area contributed by atoms with E-state index in [1.807, 2.05) is 20.8 Å². The minimum atomic E-state index is -0.584. The van der Waals surface area contributed by atoms with Crippen molar-refractivity contribution in [3.8, 4) is 5.75 Å². The van der Waals surface area contributed by atoms with Gasteiger partial charge in [-0.05, 0) is 50.1 Å². The predicted octanol–water partition coefficient (Wildman–Crippen LogP) is 2.23. The fourth-order valence-corrected chi connectivity index (χ4v) is 3.88. The van der Waals surface area contributed by atoms with Crippen molar-refractivity contribution < 1.29 is 14.3 Å². The third-order valence-electron chi connectivity index (χ3n) is 5.93. The Kier molecular flexibility index (Phi) is 9.78. The van der Waals surface area contributed by atoms with Crippen molar-refractivity contribution in [3.05, 3.63) is 29.8 Å². The Labute approximate surface area is 187 Å².